The molecule has 0 N–H and O–H groups in total. The van der Waals surface area contributed by atoms with Crippen molar-refractivity contribution in [2.45, 2.75) is 0 Å². The smallest absolute Gasteiger partial charge is 0.189 e. The highest BCUT2D eigenvalue weighted by Crippen LogP contribution is 2.29. The van der Waals surface area contributed by atoms with Gasteiger partial charge in [0.05, 0.1) is 11.8 Å². The first-order chi connectivity index (χ1) is 9.68. The van der Waals surface area contributed by atoms with E-state index >= 15 is 0 Å². The van der Waals surface area contributed by atoms with E-state index in [1.807, 2.05) is 35.9 Å². The molecule has 0 amide bonds. The van der Waals surface area contributed by atoms with E-state index < -0.39 is 0 Å². The predicted octanol–water partition coefficient (Wildman–Crippen LogP) is 4.32. The molecule has 2 aromatic heterocycles. The van der Waals surface area contributed by atoms with Gasteiger partial charge in [0.1, 0.15) is 10.9 Å². The summed E-state index contributed by atoms with van der Waals surface area (Å²) in [7, 11) is 1.84. The molecule has 0 bridgehead atoms. The van der Waals surface area contributed by atoms with Crippen molar-refractivity contribution in [2.24, 2.45) is 7.05 Å². The van der Waals surface area contributed by atoms with Crippen molar-refractivity contribution < 1.29 is 9.21 Å². The molecule has 0 unspecified atom stereocenters. The van der Waals surface area contributed by atoms with Crippen LogP contribution < -0.4 is 0 Å². The summed E-state index contributed by atoms with van der Waals surface area (Å²) in [6, 6.07) is 11.2. The summed E-state index contributed by atoms with van der Waals surface area (Å²) in [6.45, 7) is 0. The predicted molar refractivity (Wildman–Crippen MR) is 80.0 cm³/mol. The molecule has 0 fully saturated rings. The lowest BCUT2D eigenvalue weighted by atomic mass is 10.1. The van der Waals surface area contributed by atoms with E-state index in [-0.39, 0.29) is 5.78 Å². The SMILES string of the molecule is Cn1c(Cl)c(C(=O)/C=C\c2ccco2)c2ccccc21. The number of furan rings is 1. The van der Waals surface area contributed by atoms with E-state index in [1.165, 1.54) is 6.08 Å². The molecule has 0 aliphatic rings. The number of rotatable bonds is 3. The van der Waals surface area contributed by atoms with E-state index in [1.54, 1.807) is 24.5 Å². The molecule has 0 saturated heterocycles. The number of allylic oxidation sites excluding steroid dienone is 1. The average Bonchev–Trinajstić information content (AvgIpc) is 3.05. The molecular formula is C16H12ClNO2. The molecule has 2 heterocycles. The summed E-state index contributed by atoms with van der Waals surface area (Å²) in [4.78, 5) is 12.4. The number of fused-ring (bicyclic) bond motifs is 1. The van der Waals surface area contributed by atoms with E-state index in [9.17, 15) is 4.79 Å². The Bertz CT molecular complexity index is 797. The molecule has 1 aromatic carbocycles. The van der Waals surface area contributed by atoms with E-state index in [0.717, 1.165) is 10.9 Å². The van der Waals surface area contributed by atoms with Crippen LogP contribution in [0.4, 0.5) is 0 Å². The van der Waals surface area contributed by atoms with Crippen LogP contribution in [0.2, 0.25) is 5.15 Å². The quantitative estimate of drug-likeness (QED) is 0.530. The van der Waals surface area contributed by atoms with Gasteiger partial charge in [-0.05, 0) is 30.4 Å². The van der Waals surface area contributed by atoms with Crippen molar-refractivity contribution >= 4 is 34.4 Å². The number of aryl methyl sites for hydroxylation is 1. The fraction of sp³-hybridized carbons (Fsp3) is 0.0625. The maximum Gasteiger partial charge on any atom is 0.189 e. The van der Waals surface area contributed by atoms with Crippen molar-refractivity contribution in [3.05, 3.63) is 65.2 Å². The number of carbonyl (C=O) groups excluding carboxylic acids is 1. The Balaban J connectivity index is 2.06. The first kappa shape index (κ1) is 12.8. The fourth-order valence-corrected chi connectivity index (χ4v) is 2.51. The zero-order valence-corrected chi connectivity index (χ0v) is 11.6. The number of benzene rings is 1. The van der Waals surface area contributed by atoms with Gasteiger partial charge in [0.25, 0.3) is 0 Å². The molecule has 0 radical (unpaired) electrons. The molecule has 0 aliphatic heterocycles. The number of para-hydroxylation sites is 1. The van der Waals surface area contributed by atoms with Crippen LogP contribution in [0.25, 0.3) is 17.0 Å². The zero-order valence-electron chi connectivity index (χ0n) is 10.8. The van der Waals surface area contributed by atoms with E-state index in [2.05, 4.69) is 0 Å². The van der Waals surface area contributed by atoms with Gasteiger partial charge in [0, 0.05) is 18.0 Å². The van der Waals surface area contributed by atoms with Crippen LogP contribution in [0.15, 0.2) is 53.2 Å². The van der Waals surface area contributed by atoms with Crippen LogP contribution in [-0.4, -0.2) is 10.4 Å². The largest absolute Gasteiger partial charge is 0.465 e. The minimum Gasteiger partial charge on any atom is -0.465 e. The highest BCUT2D eigenvalue weighted by Gasteiger charge is 2.17. The molecule has 0 saturated carbocycles. The summed E-state index contributed by atoms with van der Waals surface area (Å²) in [6.07, 6.45) is 4.68. The lowest BCUT2D eigenvalue weighted by Gasteiger charge is -1.96. The Morgan fingerprint density at radius 3 is 2.80 bits per heavy atom. The highest BCUT2D eigenvalue weighted by atomic mass is 35.5. The number of ketones is 1. The van der Waals surface area contributed by atoms with Gasteiger partial charge in [-0.15, -0.1) is 0 Å². The van der Waals surface area contributed by atoms with Gasteiger partial charge in [0.2, 0.25) is 0 Å². The van der Waals surface area contributed by atoms with Crippen LogP contribution in [0, 0.1) is 0 Å². The lowest BCUT2D eigenvalue weighted by Crippen LogP contribution is -1.95. The van der Waals surface area contributed by atoms with Crippen LogP contribution in [0.3, 0.4) is 0 Å². The summed E-state index contributed by atoms with van der Waals surface area (Å²) in [5.41, 5.74) is 1.46. The van der Waals surface area contributed by atoms with Crippen molar-refractivity contribution in [1.82, 2.24) is 4.57 Å². The summed E-state index contributed by atoms with van der Waals surface area (Å²) < 4.78 is 6.98. The van der Waals surface area contributed by atoms with E-state index in [4.69, 9.17) is 16.0 Å². The van der Waals surface area contributed by atoms with Crippen LogP contribution in [0.5, 0.6) is 0 Å². The second-order valence-corrected chi connectivity index (χ2v) is 4.81. The molecule has 20 heavy (non-hydrogen) atoms. The van der Waals surface area contributed by atoms with Gasteiger partial charge < -0.3 is 8.98 Å². The second kappa shape index (κ2) is 5.02. The average molecular weight is 286 g/mol. The molecule has 100 valence electrons. The molecule has 3 rings (SSSR count). The third-order valence-electron chi connectivity index (χ3n) is 3.22. The Hall–Kier alpha value is -2.26. The number of carbonyl (C=O) groups is 1. The first-order valence-electron chi connectivity index (χ1n) is 6.17. The number of nitrogens with zero attached hydrogens (tertiary/aromatic N) is 1. The highest BCUT2D eigenvalue weighted by molar-refractivity contribution is 6.36. The van der Waals surface area contributed by atoms with Crippen LogP contribution >= 0.6 is 11.6 Å². The Morgan fingerprint density at radius 1 is 1.25 bits per heavy atom. The fourth-order valence-electron chi connectivity index (χ4n) is 2.22. The van der Waals surface area contributed by atoms with Gasteiger partial charge in [-0.2, -0.15) is 0 Å². The normalized spacial score (nSPS) is 11.5. The van der Waals surface area contributed by atoms with Crippen LogP contribution in [-0.2, 0) is 7.05 Å². The van der Waals surface area contributed by atoms with Crippen LogP contribution in [0.1, 0.15) is 16.1 Å². The molecule has 0 atom stereocenters. The third-order valence-corrected chi connectivity index (χ3v) is 3.67. The molecule has 0 aliphatic carbocycles. The lowest BCUT2D eigenvalue weighted by molar-refractivity contribution is 0.104. The van der Waals surface area contributed by atoms with Crippen molar-refractivity contribution in [3.8, 4) is 0 Å². The van der Waals surface area contributed by atoms with E-state index in [0.29, 0.717) is 16.5 Å². The van der Waals surface area contributed by atoms with Crippen molar-refractivity contribution in [3.63, 3.8) is 0 Å². The minimum absolute atomic E-state index is 0.136. The summed E-state index contributed by atoms with van der Waals surface area (Å²) >= 11 is 6.28. The molecule has 3 nitrogen and oxygen atoms in total. The maximum absolute atomic E-state index is 12.4. The standard InChI is InChI=1S/C16H12ClNO2/c1-18-13-7-3-2-6-12(13)15(16(18)17)14(19)9-8-11-5-4-10-20-11/h2-10H,1H3/b9-8-. The number of hydrogen-bond acceptors (Lipinski definition) is 2. The first-order valence-corrected chi connectivity index (χ1v) is 6.55. The Labute approximate surface area is 121 Å². The van der Waals surface area contributed by atoms with Crippen molar-refractivity contribution in [2.75, 3.05) is 0 Å². The van der Waals surface area contributed by atoms with Gasteiger partial charge in [-0.25, -0.2) is 0 Å². The molecule has 0 spiro atoms. The summed E-state index contributed by atoms with van der Waals surface area (Å²) in [5.74, 6) is 0.498. The van der Waals surface area contributed by atoms with Gasteiger partial charge >= 0.3 is 0 Å². The number of halogens is 1. The second-order valence-electron chi connectivity index (χ2n) is 4.45. The topological polar surface area (TPSA) is 35.1 Å². The third kappa shape index (κ3) is 2.06. The monoisotopic (exact) mass is 285 g/mol. The van der Waals surface area contributed by atoms with Gasteiger partial charge in [-0.1, -0.05) is 29.8 Å². The number of aromatic nitrogens is 1. The van der Waals surface area contributed by atoms with Gasteiger partial charge in [0.15, 0.2) is 5.78 Å². The number of hydrogen-bond donors (Lipinski definition) is 0. The zero-order chi connectivity index (χ0) is 14.1. The summed E-state index contributed by atoms with van der Waals surface area (Å²) in [5, 5.41) is 1.30. The Morgan fingerprint density at radius 2 is 2.05 bits per heavy atom. The molecular weight excluding hydrogens is 274 g/mol. The minimum atomic E-state index is -0.136. The van der Waals surface area contributed by atoms with Gasteiger partial charge in [-0.3, -0.25) is 4.79 Å². The Kier molecular flexibility index (Phi) is 3.20. The van der Waals surface area contributed by atoms with Crippen molar-refractivity contribution in [1.29, 1.82) is 0 Å². The molecule has 4 heteroatoms. The molecule has 3 aromatic rings. The maximum atomic E-state index is 12.4.